The Morgan fingerprint density at radius 1 is 0.836 bits per heavy atom. The molecule has 5 aromatic rings. The van der Waals surface area contributed by atoms with Gasteiger partial charge in [-0.3, -0.25) is 14.7 Å². The minimum absolute atomic E-state index is 0.146. The van der Waals surface area contributed by atoms with Crippen molar-refractivity contribution in [2.75, 3.05) is 76.6 Å². The lowest BCUT2D eigenvalue weighted by molar-refractivity contribution is 0.0383. The predicted molar refractivity (Wildman–Crippen MR) is 218 cm³/mol. The molecule has 0 radical (unpaired) electrons. The van der Waals surface area contributed by atoms with E-state index in [4.69, 9.17) is 18.9 Å². The van der Waals surface area contributed by atoms with Gasteiger partial charge >= 0.3 is 6.03 Å². The summed E-state index contributed by atoms with van der Waals surface area (Å²) in [5.41, 5.74) is 5.03. The number of rotatable bonds is 13. The summed E-state index contributed by atoms with van der Waals surface area (Å²) < 4.78 is 23.1. The number of benzene rings is 4. The summed E-state index contributed by atoms with van der Waals surface area (Å²) in [4.78, 5) is 33.4. The lowest BCUT2D eigenvalue weighted by Gasteiger charge is -2.26. The van der Waals surface area contributed by atoms with Crippen molar-refractivity contribution in [3.8, 4) is 23.0 Å². The van der Waals surface area contributed by atoms with E-state index in [1.54, 1.807) is 32.5 Å². The zero-order chi connectivity index (χ0) is 39.0. The number of carbonyl (C=O) groups is 2. The fourth-order valence-corrected chi connectivity index (χ4v) is 6.52. The molecule has 1 aliphatic rings. The predicted octanol–water partition coefficient (Wildman–Crippen LogP) is 7.68. The summed E-state index contributed by atoms with van der Waals surface area (Å²) in [6.07, 6.45) is 2.16. The molecule has 1 aromatic heterocycles. The van der Waals surface area contributed by atoms with Crippen LogP contribution < -0.4 is 35.5 Å². The molecule has 6 rings (SSSR count). The number of morpholine rings is 1. The van der Waals surface area contributed by atoms with Crippen molar-refractivity contribution in [2.24, 2.45) is 0 Å². The third kappa shape index (κ3) is 9.83. The lowest BCUT2D eigenvalue weighted by atomic mass is 9.86. The van der Waals surface area contributed by atoms with Crippen LogP contribution >= 0.6 is 0 Å². The number of fused-ring (bicyclic) bond motifs is 1. The van der Waals surface area contributed by atoms with E-state index in [1.807, 2.05) is 73.8 Å². The molecule has 2 heterocycles. The van der Waals surface area contributed by atoms with Gasteiger partial charge in [-0.05, 0) is 65.1 Å². The van der Waals surface area contributed by atoms with Gasteiger partial charge in [0.1, 0.15) is 17.2 Å². The molecule has 0 atom stereocenters. The van der Waals surface area contributed by atoms with Gasteiger partial charge in [0.15, 0.2) is 5.75 Å². The van der Waals surface area contributed by atoms with Gasteiger partial charge in [0.2, 0.25) is 0 Å². The van der Waals surface area contributed by atoms with Crippen LogP contribution in [0.4, 0.5) is 21.9 Å². The normalized spacial score (nSPS) is 13.2. The molecule has 0 unspecified atom stereocenters. The maximum atomic E-state index is 13.5. The number of anilines is 3. The van der Waals surface area contributed by atoms with Gasteiger partial charge in [-0.25, -0.2) is 4.79 Å². The number of amides is 3. The van der Waals surface area contributed by atoms with Gasteiger partial charge in [-0.1, -0.05) is 45.0 Å². The molecule has 55 heavy (non-hydrogen) atoms. The zero-order valence-electron chi connectivity index (χ0n) is 32.4. The molecule has 288 valence electrons. The van der Waals surface area contributed by atoms with Gasteiger partial charge < -0.3 is 40.2 Å². The van der Waals surface area contributed by atoms with Crippen LogP contribution in [-0.4, -0.2) is 82.5 Å². The summed E-state index contributed by atoms with van der Waals surface area (Å²) in [7, 11) is 5.00. The smallest absolute Gasteiger partial charge is 0.323 e. The third-order valence-corrected chi connectivity index (χ3v) is 9.49. The maximum absolute atomic E-state index is 13.5. The van der Waals surface area contributed by atoms with Crippen molar-refractivity contribution in [1.29, 1.82) is 0 Å². The van der Waals surface area contributed by atoms with Gasteiger partial charge in [-0.2, -0.15) is 0 Å². The minimum atomic E-state index is -0.407. The van der Waals surface area contributed by atoms with E-state index in [1.165, 1.54) is 0 Å². The highest BCUT2D eigenvalue weighted by Crippen LogP contribution is 2.39. The maximum Gasteiger partial charge on any atom is 0.323 e. The number of ether oxygens (including phenoxy) is 4. The number of carbonyl (C=O) groups excluding carboxylic acids is 2. The molecule has 4 N–H and O–H groups in total. The second-order valence-electron chi connectivity index (χ2n) is 14.4. The first-order valence-electron chi connectivity index (χ1n) is 18.4. The highest BCUT2D eigenvalue weighted by atomic mass is 16.5. The Labute approximate surface area is 322 Å². The number of hydrogen-bond acceptors (Lipinski definition) is 9. The topological polar surface area (TPSA) is 135 Å². The van der Waals surface area contributed by atoms with E-state index in [0.29, 0.717) is 52.9 Å². The molecule has 0 aliphatic carbocycles. The lowest BCUT2D eigenvalue weighted by Crippen LogP contribution is -2.41. The Bertz CT molecular complexity index is 2140. The Morgan fingerprint density at radius 2 is 1.58 bits per heavy atom. The van der Waals surface area contributed by atoms with Crippen LogP contribution in [0.1, 0.15) is 48.0 Å². The fourth-order valence-electron chi connectivity index (χ4n) is 6.52. The van der Waals surface area contributed by atoms with Crippen LogP contribution in [-0.2, 0) is 16.6 Å². The van der Waals surface area contributed by atoms with E-state index < -0.39 is 6.03 Å². The number of nitrogens with zero attached hydrogens (tertiary/aromatic N) is 2. The highest BCUT2D eigenvalue weighted by Gasteiger charge is 2.21. The number of urea groups is 1. The van der Waals surface area contributed by atoms with Crippen LogP contribution in [0.15, 0.2) is 85.1 Å². The Hall–Kier alpha value is -5.85. The number of pyridine rings is 1. The minimum Gasteiger partial charge on any atom is -0.497 e. The average molecular weight is 747 g/mol. The monoisotopic (exact) mass is 746 g/mol. The number of aromatic nitrogens is 1. The van der Waals surface area contributed by atoms with E-state index in [0.717, 1.165) is 66.1 Å². The molecule has 4 aromatic carbocycles. The summed E-state index contributed by atoms with van der Waals surface area (Å²) >= 11 is 0. The second kappa shape index (κ2) is 17.5. The Morgan fingerprint density at radius 3 is 2.31 bits per heavy atom. The van der Waals surface area contributed by atoms with Crippen LogP contribution in [0.5, 0.6) is 23.0 Å². The summed E-state index contributed by atoms with van der Waals surface area (Å²) in [6, 6.07) is 24.2. The van der Waals surface area contributed by atoms with Crippen molar-refractivity contribution >= 4 is 39.8 Å². The van der Waals surface area contributed by atoms with Crippen LogP contribution in [0.3, 0.4) is 0 Å². The van der Waals surface area contributed by atoms with E-state index >= 15 is 0 Å². The summed E-state index contributed by atoms with van der Waals surface area (Å²) in [5, 5.41) is 13.8. The van der Waals surface area contributed by atoms with E-state index in [2.05, 4.69) is 51.9 Å². The van der Waals surface area contributed by atoms with E-state index in [-0.39, 0.29) is 11.3 Å². The molecule has 12 nitrogen and oxygen atoms in total. The third-order valence-electron chi connectivity index (χ3n) is 9.49. The van der Waals surface area contributed by atoms with Crippen molar-refractivity contribution in [1.82, 2.24) is 15.2 Å². The largest absolute Gasteiger partial charge is 0.497 e. The Kier molecular flexibility index (Phi) is 12.4. The second-order valence-corrected chi connectivity index (χ2v) is 14.4. The molecule has 0 spiro atoms. The molecule has 1 fully saturated rings. The van der Waals surface area contributed by atoms with Crippen LogP contribution in [0, 0.1) is 0 Å². The van der Waals surface area contributed by atoms with Crippen molar-refractivity contribution in [2.45, 2.75) is 32.6 Å². The van der Waals surface area contributed by atoms with Crippen molar-refractivity contribution in [3.05, 3.63) is 107 Å². The van der Waals surface area contributed by atoms with E-state index in [9.17, 15) is 9.59 Å². The standard InChI is InChI=1S/C43H50N6O6/c1-43(2,3)30-25-37(44-4)40(53-6)38(26-30)48-42(51)47-36-11-12-39(35-10-8-7-9-34(35)36)55-32-13-14-45-31(27-32)22-28-21-29(24-33(23-28)52-5)41(50)46-15-16-49-17-19-54-20-18-49/h7-14,21,23-27,44H,15-20,22H2,1-6H3,(H,46,50)(H2,47,48,51). The highest BCUT2D eigenvalue weighted by molar-refractivity contribution is 6.08. The Balaban J connectivity index is 1.16. The first-order valence-corrected chi connectivity index (χ1v) is 18.4. The molecule has 1 saturated heterocycles. The number of hydrogen-bond donors (Lipinski definition) is 4. The van der Waals surface area contributed by atoms with Crippen LogP contribution in [0.2, 0.25) is 0 Å². The van der Waals surface area contributed by atoms with Crippen molar-refractivity contribution in [3.63, 3.8) is 0 Å². The summed E-state index contributed by atoms with van der Waals surface area (Å²) in [5.74, 6) is 2.21. The molecule has 3 amide bonds. The quantitative estimate of drug-likeness (QED) is 0.0957. The average Bonchev–Trinajstić information content (AvgIpc) is 3.18. The summed E-state index contributed by atoms with van der Waals surface area (Å²) in [6.45, 7) is 10.9. The molecule has 12 heteroatoms. The van der Waals surface area contributed by atoms with Gasteiger partial charge in [0, 0.05) is 73.9 Å². The molecule has 0 saturated carbocycles. The SMILES string of the molecule is CNc1cc(C(C)(C)C)cc(NC(=O)Nc2ccc(Oc3ccnc(Cc4cc(OC)cc(C(=O)NCCN5CCOCC5)c4)c3)c3ccccc23)c1OC. The first-order chi connectivity index (χ1) is 26.5. The molecular formula is C43H50N6O6. The molecule has 0 bridgehead atoms. The fraction of sp³-hybridized carbons (Fsp3) is 0.326. The molecular weight excluding hydrogens is 697 g/mol. The van der Waals surface area contributed by atoms with Crippen molar-refractivity contribution < 1.29 is 28.5 Å². The zero-order valence-corrected chi connectivity index (χ0v) is 32.4. The van der Waals surface area contributed by atoms with Gasteiger partial charge in [0.25, 0.3) is 5.91 Å². The number of nitrogens with one attached hydrogen (secondary N) is 4. The van der Waals surface area contributed by atoms with Crippen LogP contribution in [0.25, 0.3) is 10.8 Å². The van der Waals surface area contributed by atoms with Gasteiger partial charge in [-0.15, -0.1) is 0 Å². The van der Waals surface area contributed by atoms with Gasteiger partial charge in [0.05, 0.1) is 44.5 Å². The number of methoxy groups -OCH3 is 2. The molecule has 1 aliphatic heterocycles. The first kappa shape index (κ1) is 38.9.